The molecule has 0 saturated carbocycles. The summed E-state index contributed by atoms with van der Waals surface area (Å²) in [7, 11) is 0. The molecule has 0 aliphatic carbocycles. The summed E-state index contributed by atoms with van der Waals surface area (Å²) in [5.74, 6) is -0.132. The molecular weight excluding hydrogens is 310 g/mol. The van der Waals surface area contributed by atoms with Crippen molar-refractivity contribution < 1.29 is 9.59 Å². The van der Waals surface area contributed by atoms with Crippen molar-refractivity contribution in [2.24, 2.45) is 5.73 Å². The molecular formula is C14H22ClN3O2S. The predicted octanol–water partition coefficient (Wildman–Crippen LogP) is 1.63. The summed E-state index contributed by atoms with van der Waals surface area (Å²) in [6.45, 7) is 2.91. The molecule has 1 fully saturated rings. The van der Waals surface area contributed by atoms with E-state index in [0.29, 0.717) is 18.0 Å². The highest BCUT2D eigenvalue weighted by Gasteiger charge is 2.33. The van der Waals surface area contributed by atoms with Crippen LogP contribution in [0.5, 0.6) is 0 Å². The number of rotatable bonds is 4. The van der Waals surface area contributed by atoms with Crippen molar-refractivity contribution >= 4 is 35.6 Å². The topological polar surface area (TPSA) is 75.4 Å². The van der Waals surface area contributed by atoms with Crippen LogP contribution in [0.3, 0.4) is 0 Å². The Kier molecular flexibility index (Phi) is 7.14. The van der Waals surface area contributed by atoms with E-state index in [9.17, 15) is 9.59 Å². The molecule has 1 aliphatic rings. The van der Waals surface area contributed by atoms with Gasteiger partial charge in [-0.05, 0) is 37.6 Å². The first-order valence-corrected chi connectivity index (χ1v) is 7.86. The number of nitrogens with two attached hydrogens (primary N) is 1. The van der Waals surface area contributed by atoms with Crippen LogP contribution >= 0.6 is 23.7 Å². The zero-order valence-corrected chi connectivity index (χ0v) is 13.7. The standard InChI is InChI=1S/C14H21N3O2S.ClH/c1-10(9-15)16-13(18)11-5-2-3-7-17(11)14(19)12-6-4-8-20-12;/h4,6,8,10-11H,2-3,5,7,9,15H2,1H3,(H,16,18);1H/t10-,11?;/m0./s1. The molecule has 2 heterocycles. The second-order valence-electron chi connectivity index (χ2n) is 5.13. The molecule has 1 unspecified atom stereocenters. The van der Waals surface area contributed by atoms with Crippen LogP contribution in [-0.2, 0) is 4.79 Å². The Hall–Kier alpha value is -1.11. The number of hydrogen-bond acceptors (Lipinski definition) is 4. The maximum absolute atomic E-state index is 12.5. The van der Waals surface area contributed by atoms with E-state index < -0.39 is 0 Å². The Morgan fingerprint density at radius 1 is 1.52 bits per heavy atom. The van der Waals surface area contributed by atoms with Crippen LogP contribution in [0, 0.1) is 0 Å². The van der Waals surface area contributed by atoms with Crippen molar-refractivity contribution in [3.8, 4) is 0 Å². The summed E-state index contributed by atoms with van der Waals surface area (Å²) in [4.78, 5) is 27.2. The number of carbonyl (C=O) groups is 2. The van der Waals surface area contributed by atoms with Gasteiger partial charge in [-0.2, -0.15) is 0 Å². The molecule has 1 aromatic rings. The van der Waals surface area contributed by atoms with Gasteiger partial charge in [-0.1, -0.05) is 6.07 Å². The van der Waals surface area contributed by atoms with Crippen LogP contribution in [-0.4, -0.2) is 41.9 Å². The van der Waals surface area contributed by atoms with E-state index in [1.165, 1.54) is 11.3 Å². The number of nitrogens with zero attached hydrogens (tertiary/aromatic N) is 1. The Morgan fingerprint density at radius 3 is 2.90 bits per heavy atom. The Morgan fingerprint density at radius 2 is 2.29 bits per heavy atom. The first-order chi connectivity index (χ1) is 9.63. The van der Waals surface area contributed by atoms with Crippen LogP contribution in [0.4, 0.5) is 0 Å². The minimum absolute atomic E-state index is 0. The van der Waals surface area contributed by atoms with Crippen molar-refractivity contribution in [1.29, 1.82) is 0 Å². The summed E-state index contributed by atoms with van der Waals surface area (Å²) in [6.07, 6.45) is 2.65. The van der Waals surface area contributed by atoms with E-state index >= 15 is 0 Å². The van der Waals surface area contributed by atoms with E-state index in [2.05, 4.69) is 5.32 Å². The molecule has 3 N–H and O–H groups in total. The third-order valence-corrected chi connectivity index (χ3v) is 4.40. The first kappa shape index (κ1) is 17.9. The van der Waals surface area contributed by atoms with Crippen molar-refractivity contribution in [2.45, 2.75) is 38.3 Å². The zero-order valence-electron chi connectivity index (χ0n) is 12.1. The Balaban J connectivity index is 0.00000220. The van der Waals surface area contributed by atoms with E-state index in [0.717, 1.165) is 19.3 Å². The van der Waals surface area contributed by atoms with Gasteiger partial charge in [0.05, 0.1) is 4.88 Å². The quantitative estimate of drug-likeness (QED) is 0.880. The second kappa shape index (κ2) is 8.36. The minimum Gasteiger partial charge on any atom is -0.351 e. The number of thiophene rings is 1. The number of amides is 2. The molecule has 21 heavy (non-hydrogen) atoms. The number of carbonyl (C=O) groups excluding carboxylic acids is 2. The van der Waals surface area contributed by atoms with Crippen molar-refractivity contribution in [1.82, 2.24) is 10.2 Å². The molecule has 2 rings (SSSR count). The number of likely N-dealkylation sites (tertiary alicyclic amines) is 1. The van der Waals surface area contributed by atoms with Crippen molar-refractivity contribution in [3.63, 3.8) is 0 Å². The van der Waals surface area contributed by atoms with Crippen LogP contribution < -0.4 is 11.1 Å². The van der Waals surface area contributed by atoms with Crippen molar-refractivity contribution in [2.75, 3.05) is 13.1 Å². The van der Waals surface area contributed by atoms with E-state index in [4.69, 9.17) is 5.73 Å². The summed E-state index contributed by atoms with van der Waals surface area (Å²) < 4.78 is 0. The molecule has 5 nitrogen and oxygen atoms in total. The van der Waals surface area contributed by atoms with Gasteiger partial charge < -0.3 is 16.0 Å². The van der Waals surface area contributed by atoms with Crippen LogP contribution in [0.25, 0.3) is 0 Å². The number of hydrogen-bond donors (Lipinski definition) is 2. The third-order valence-electron chi connectivity index (χ3n) is 3.54. The van der Waals surface area contributed by atoms with Gasteiger partial charge in [-0.25, -0.2) is 0 Å². The summed E-state index contributed by atoms with van der Waals surface area (Å²) >= 11 is 1.41. The van der Waals surface area contributed by atoms with Gasteiger partial charge in [0.2, 0.25) is 5.91 Å². The van der Waals surface area contributed by atoms with E-state index in [1.54, 1.807) is 11.0 Å². The molecule has 1 aromatic heterocycles. The van der Waals surface area contributed by atoms with Crippen LogP contribution in [0.15, 0.2) is 17.5 Å². The average Bonchev–Trinajstić information content (AvgIpc) is 3.00. The second-order valence-corrected chi connectivity index (χ2v) is 6.08. The maximum Gasteiger partial charge on any atom is 0.264 e. The lowest BCUT2D eigenvalue weighted by atomic mass is 10.0. The highest BCUT2D eigenvalue weighted by Crippen LogP contribution is 2.21. The molecule has 0 aromatic carbocycles. The third kappa shape index (κ3) is 4.43. The molecule has 118 valence electrons. The maximum atomic E-state index is 12.5. The number of piperidine rings is 1. The number of nitrogens with one attached hydrogen (secondary N) is 1. The monoisotopic (exact) mass is 331 g/mol. The molecule has 1 aliphatic heterocycles. The predicted molar refractivity (Wildman–Crippen MR) is 86.9 cm³/mol. The minimum atomic E-state index is -0.368. The number of halogens is 1. The Labute approximate surface area is 135 Å². The first-order valence-electron chi connectivity index (χ1n) is 6.98. The molecule has 7 heteroatoms. The molecule has 1 saturated heterocycles. The van der Waals surface area contributed by atoms with E-state index in [1.807, 2.05) is 18.4 Å². The fourth-order valence-corrected chi connectivity index (χ4v) is 3.07. The average molecular weight is 332 g/mol. The highest BCUT2D eigenvalue weighted by molar-refractivity contribution is 7.12. The fraction of sp³-hybridized carbons (Fsp3) is 0.571. The molecule has 0 bridgehead atoms. The lowest BCUT2D eigenvalue weighted by Gasteiger charge is -2.35. The largest absolute Gasteiger partial charge is 0.351 e. The summed E-state index contributed by atoms with van der Waals surface area (Å²) in [6, 6.07) is 3.22. The van der Waals surface area contributed by atoms with Gasteiger partial charge in [0, 0.05) is 19.1 Å². The van der Waals surface area contributed by atoms with Gasteiger partial charge in [-0.15, -0.1) is 23.7 Å². The smallest absolute Gasteiger partial charge is 0.264 e. The van der Waals surface area contributed by atoms with Gasteiger partial charge in [0.1, 0.15) is 6.04 Å². The highest BCUT2D eigenvalue weighted by atomic mass is 35.5. The van der Waals surface area contributed by atoms with Crippen molar-refractivity contribution in [3.05, 3.63) is 22.4 Å². The zero-order chi connectivity index (χ0) is 14.5. The summed E-state index contributed by atoms with van der Waals surface area (Å²) in [5.41, 5.74) is 5.53. The molecule has 2 amide bonds. The summed E-state index contributed by atoms with van der Waals surface area (Å²) in [5, 5.41) is 4.75. The van der Waals surface area contributed by atoms with Gasteiger partial charge >= 0.3 is 0 Å². The van der Waals surface area contributed by atoms with Crippen LogP contribution in [0.2, 0.25) is 0 Å². The van der Waals surface area contributed by atoms with Gasteiger partial charge in [0.15, 0.2) is 0 Å². The SMILES string of the molecule is C[C@@H](CN)NC(=O)C1CCCCN1C(=O)c1cccs1.Cl. The molecule has 2 atom stereocenters. The van der Waals surface area contributed by atoms with E-state index in [-0.39, 0.29) is 36.3 Å². The van der Waals surface area contributed by atoms with Crippen LogP contribution in [0.1, 0.15) is 35.9 Å². The lowest BCUT2D eigenvalue weighted by molar-refractivity contribution is -0.127. The lowest BCUT2D eigenvalue weighted by Crippen LogP contribution is -2.54. The normalized spacial score (nSPS) is 19.5. The molecule has 0 spiro atoms. The van der Waals surface area contributed by atoms with Gasteiger partial charge in [-0.3, -0.25) is 9.59 Å². The van der Waals surface area contributed by atoms with Gasteiger partial charge in [0.25, 0.3) is 5.91 Å². The Bertz CT molecular complexity index is 467. The molecule has 0 radical (unpaired) electrons. The fourth-order valence-electron chi connectivity index (χ4n) is 2.39.